The van der Waals surface area contributed by atoms with E-state index in [2.05, 4.69) is 15.8 Å². The summed E-state index contributed by atoms with van der Waals surface area (Å²) in [5.74, 6) is 3.18. The van der Waals surface area contributed by atoms with E-state index in [0.717, 1.165) is 42.5 Å². The minimum absolute atomic E-state index is 0.175. The highest BCUT2D eigenvalue weighted by Gasteiger charge is 2.09. The van der Waals surface area contributed by atoms with Gasteiger partial charge in [0.25, 0.3) is 5.91 Å². The molecule has 2 aromatic carbocycles. The van der Waals surface area contributed by atoms with Crippen LogP contribution in [0.4, 0.5) is 4.39 Å². The third-order valence-electron chi connectivity index (χ3n) is 4.45. The first kappa shape index (κ1) is 18.7. The Balaban J connectivity index is 1.45. The summed E-state index contributed by atoms with van der Waals surface area (Å²) >= 11 is 0. The van der Waals surface area contributed by atoms with E-state index >= 15 is 0 Å². The Morgan fingerprint density at radius 1 is 1.11 bits per heavy atom. The Morgan fingerprint density at radius 2 is 1.89 bits per heavy atom. The Kier molecular flexibility index (Phi) is 6.22. The highest BCUT2D eigenvalue weighted by molar-refractivity contribution is 5.94. The fraction of sp³-hybridized carbons (Fsp3) is 0.273. The number of benzene rings is 2. The van der Waals surface area contributed by atoms with Crippen molar-refractivity contribution in [3.05, 3.63) is 65.7 Å². The first-order valence-corrected chi connectivity index (χ1v) is 9.10. The molecule has 0 aliphatic carbocycles. The molecule has 27 heavy (non-hydrogen) atoms. The molecule has 4 nitrogen and oxygen atoms in total. The zero-order chi connectivity index (χ0) is 19.1. The lowest BCUT2D eigenvalue weighted by molar-refractivity contribution is 0.0953. The molecule has 1 aromatic heterocycles. The number of rotatable bonds is 8. The first-order chi connectivity index (χ1) is 13.2. The maximum Gasteiger partial charge on any atom is 0.251 e. The molecule has 0 radical (unpaired) electrons. The molecule has 0 aliphatic rings. The van der Waals surface area contributed by atoms with Crippen molar-refractivity contribution < 1.29 is 9.18 Å². The van der Waals surface area contributed by atoms with E-state index in [1.807, 2.05) is 24.3 Å². The number of carbonyl (C=O) groups is 1. The van der Waals surface area contributed by atoms with E-state index in [4.69, 9.17) is 11.4 Å². The van der Waals surface area contributed by atoms with E-state index in [0.29, 0.717) is 18.7 Å². The summed E-state index contributed by atoms with van der Waals surface area (Å²) in [7, 11) is 0. The van der Waals surface area contributed by atoms with Crippen LogP contribution in [0.2, 0.25) is 0 Å². The number of hydrogen-bond donors (Lipinski definition) is 1. The molecule has 1 heterocycles. The van der Waals surface area contributed by atoms with Crippen molar-refractivity contribution in [2.75, 3.05) is 6.54 Å². The Morgan fingerprint density at radius 3 is 2.67 bits per heavy atom. The number of aryl methyl sites for hydroxylation is 1. The number of aromatic nitrogens is 2. The summed E-state index contributed by atoms with van der Waals surface area (Å²) in [6.07, 6.45) is 9.17. The first-order valence-electron chi connectivity index (χ1n) is 9.10. The molecule has 3 aromatic rings. The Hall–Kier alpha value is -3.13. The van der Waals surface area contributed by atoms with Crippen LogP contribution in [0.5, 0.6) is 0 Å². The SMILES string of the molecule is C#CCn1c(CCCCCNC(=O)c2ccc(F)cc2)nc2ccccc21. The van der Waals surface area contributed by atoms with Gasteiger partial charge in [-0.3, -0.25) is 4.79 Å². The van der Waals surface area contributed by atoms with Gasteiger partial charge in [0, 0.05) is 18.5 Å². The largest absolute Gasteiger partial charge is 0.352 e. The number of imidazole rings is 1. The van der Waals surface area contributed by atoms with Crippen molar-refractivity contribution in [1.29, 1.82) is 0 Å². The Bertz CT molecular complexity index is 954. The predicted molar refractivity (Wildman–Crippen MR) is 105 cm³/mol. The summed E-state index contributed by atoms with van der Waals surface area (Å²) < 4.78 is 15.0. The number of para-hydroxylation sites is 2. The molecule has 5 heteroatoms. The number of unbranched alkanes of at least 4 members (excludes halogenated alkanes) is 2. The van der Waals surface area contributed by atoms with E-state index in [9.17, 15) is 9.18 Å². The monoisotopic (exact) mass is 363 g/mol. The van der Waals surface area contributed by atoms with Crippen LogP contribution in [0.15, 0.2) is 48.5 Å². The number of halogens is 1. The van der Waals surface area contributed by atoms with E-state index in [-0.39, 0.29) is 11.7 Å². The number of amides is 1. The van der Waals surface area contributed by atoms with Gasteiger partial charge in [0.15, 0.2) is 0 Å². The maximum absolute atomic E-state index is 12.9. The highest BCUT2D eigenvalue weighted by atomic mass is 19.1. The molecular formula is C22H22FN3O. The summed E-state index contributed by atoms with van der Waals surface area (Å²) in [5.41, 5.74) is 2.51. The molecule has 3 rings (SSSR count). The molecule has 138 valence electrons. The summed E-state index contributed by atoms with van der Waals surface area (Å²) in [5, 5.41) is 2.86. The zero-order valence-corrected chi connectivity index (χ0v) is 15.1. The van der Waals surface area contributed by atoms with E-state index < -0.39 is 0 Å². The van der Waals surface area contributed by atoms with Gasteiger partial charge in [0.1, 0.15) is 11.6 Å². The van der Waals surface area contributed by atoms with Gasteiger partial charge < -0.3 is 9.88 Å². The number of nitrogens with one attached hydrogen (secondary N) is 1. The van der Waals surface area contributed by atoms with Gasteiger partial charge in [-0.05, 0) is 49.2 Å². The van der Waals surface area contributed by atoms with Crippen LogP contribution < -0.4 is 5.32 Å². The predicted octanol–water partition coefficient (Wildman–Crippen LogP) is 3.95. The second-order valence-electron chi connectivity index (χ2n) is 6.38. The quantitative estimate of drug-likeness (QED) is 0.487. The molecule has 1 N–H and O–H groups in total. The minimum atomic E-state index is -0.345. The van der Waals surface area contributed by atoms with Crippen molar-refractivity contribution in [2.45, 2.75) is 32.2 Å². The van der Waals surface area contributed by atoms with Crippen molar-refractivity contribution in [1.82, 2.24) is 14.9 Å². The Labute approximate surface area is 158 Å². The van der Waals surface area contributed by atoms with Crippen LogP contribution in [-0.2, 0) is 13.0 Å². The fourth-order valence-corrected chi connectivity index (χ4v) is 3.07. The average Bonchev–Trinajstić information content (AvgIpc) is 3.03. The van der Waals surface area contributed by atoms with Crippen LogP contribution >= 0.6 is 0 Å². The molecule has 0 saturated carbocycles. The fourth-order valence-electron chi connectivity index (χ4n) is 3.07. The van der Waals surface area contributed by atoms with Gasteiger partial charge in [-0.2, -0.15) is 0 Å². The van der Waals surface area contributed by atoms with Crippen molar-refractivity contribution >= 4 is 16.9 Å². The van der Waals surface area contributed by atoms with Crippen LogP contribution in [-0.4, -0.2) is 22.0 Å². The second kappa shape index (κ2) is 9.00. The number of hydrogen-bond acceptors (Lipinski definition) is 2. The van der Waals surface area contributed by atoms with Crippen molar-refractivity contribution in [3.8, 4) is 12.3 Å². The van der Waals surface area contributed by atoms with Crippen molar-refractivity contribution in [2.24, 2.45) is 0 Å². The van der Waals surface area contributed by atoms with Gasteiger partial charge in [-0.15, -0.1) is 6.42 Å². The normalized spacial score (nSPS) is 10.7. The van der Waals surface area contributed by atoms with Crippen molar-refractivity contribution in [3.63, 3.8) is 0 Å². The van der Waals surface area contributed by atoms with E-state index in [1.165, 1.54) is 24.3 Å². The molecule has 1 amide bonds. The molecule has 0 spiro atoms. The number of carbonyl (C=O) groups excluding carboxylic acids is 1. The zero-order valence-electron chi connectivity index (χ0n) is 15.1. The van der Waals surface area contributed by atoms with Crippen LogP contribution in [0.3, 0.4) is 0 Å². The second-order valence-corrected chi connectivity index (χ2v) is 6.38. The van der Waals surface area contributed by atoms with Crippen LogP contribution in [0, 0.1) is 18.2 Å². The number of terminal acetylenes is 1. The summed E-state index contributed by atoms with van der Waals surface area (Å²) in [4.78, 5) is 16.7. The molecule has 0 aliphatic heterocycles. The molecule has 0 unspecified atom stereocenters. The molecule has 0 atom stereocenters. The van der Waals surface area contributed by atoms with Crippen LogP contribution in [0.25, 0.3) is 11.0 Å². The van der Waals surface area contributed by atoms with Gasteiger partial charge in [0.05, 0.1) is 17.6 Å². The van der Waals surface area contributed by atoms with E-state index in [1.54, 1.807) is 0 Å². The third kappa shape index (κ3) is 4.73. The average molecular weight is 363 g/mol. The maximum atomic E-state index is 12.9. The smallest absolute Gasteiger partial charge is 0.251 e. The third-order valence-corrected chi connectivity index (χ3v) is 4.45. The summed E-state index contributed by atoms with van der Waals surface area (Å²) in [6.45, 7) is 1.11. The lowest BCUT2D eigenvalue weighted by Gasteiger charge is -2.07. The lowest BCUT2D eigenvalue weighted by Crippen LogP contribution is -2.24. The molecule has 0 fully saturated rings. The number of nitrogens with zero attached hydrogens (tertiary/aromatic N) is 2. The molecule has 0 bridgehead atoms. The number of fused-ring (bicyclic) bond motifs is 1. The van der Waals surface area contributed by atoms with Gasteiger partial charge >= 0.3 is 0 Å². The lowest BCUT2D eigenvalue weighted by atomic mass is 10.1. The summed E-state index contributed by atoms with van der Waals surface area (Å²) in [6, 6.07) is 13.6. The highest BCUT2D eigenvalue weighted by Crippen LogP contribution is 2.17. The van der Waals surface area contributed by atoms with Crippen LogP contribution in [0.1, 0.15) is 35.4 Å². The molecular weight excluding hydrogens is 341 g/mol. The standard InChI is InChI=1S/C22H22FN3O/c1-2-16-26-20-9-6-5-8-19(20)25-21(26)10-4-3-7-15-24-22(27)17-11-13-18(23)14-12-17/h1,5-6,8-9,11-14H,3-4,7,10,15-16H2,(H,24,27). The van der Waals surface area contributed by atoms with Gasteiger partial charge in [-0.1, -0.05) is 24.5 Å². The topological polar surface area (TPSA) is 46.9 Å². The molecule has 0 saturated heterocycles. The van der Waals surface area contributed by atoms with Gasteiger partial charge in [-0.25, -0.2) is 9.37 Å². The van der Waals surface area contributed by atoms with Gasteiger partial charge in [0.2, 0.25) is 0 Å². The minimum Gasteiger partial charge on any atom is -0.352 e.